The smallest absolute Gasteiger partial charge is 0.338 e. The molecule has 15 atom stereocenters. The Bertz CT molecular complexity index is 1430. The van der Waals surface area contributed by atoms with Gasteiger partial charge in [-0.15, -0.1) is 0 Å². The first-order valence-corrected chi connectivity index (χ1v) is 16.9. The molecule has 13 heteroatoms. The van der Waals surface area contributed by atoms with E-state index in [0.717, 1.165) is 0 Å². The SMILES string of the molecule is CCN1C[C@]2(COC)[C@H](O)C[C@H](OC)[C@@]34[C@@H]5C[C@]6(O)[C@H](OC(=O)c7ccc(OC)cc7)[C@@H]5[C@@](OC(C)=O)([C@@H]([C@H](OC)[C@H]23)[C@H]14)[C@@H](O)[C@@H]6OC. The summed E-state index contributed by atoms with van der Waals surface area (Å²) in [6, 6.07) is 6.10. The predicted molar refractivity (Wildman–Crippen MR) is 167 cm³/mol. The number of rotatable bonds is 10. The van der Waals surface area contributed by atoms with Crippen molar-refractivity contribution in [2.75, 3.05) is 55.2 Å². The molecule has 1 aliphatic heterocycles. The largest absolute Gasteiger partial charge is 0.497 e. The Morgan fingerprint density at radius 1 is 0.979 bits per heavy atom. The Morgan fingerprint density at radius 2 is 1.69 bits per heavy atom. The molecule has 1 saturated heterocycles. The zero-order chi connectivity index (χ0) is 34.6. The van der Waals surface area contributed by atoms with Crippen LogP contribution in [-0.4, -0.2) is 141 Å². The van der Waals surface area contributed by atoms with Gasteiger partial charge in [0.2, 0.25) is 0 Å². The zero-order valence-corrected chi connectivity index (χ0v) is 28.7. The number of likely N-dealkylation sites (tertiary alicyclic amines) is 1. The Balaban J connectivity index is 1.50. The van der Waals surface area contributed by atoms with Gasteiger partial charge in [0.05, 0.1) is 37.6 Å². The van der Waals surface area contributed by atoms with Gasteiger partial charge in [-0.3, -0.25) is 9.69 Å². The third-order valence-electron chi connectivity index (χ3n) is 13.5. The van der Waals surface area contributed by atoms with Gasteiger partial charge in [0.1, 0.15) is 29.7 Å². The fourth-order valence-corrected chi connectivity index (χ4v) is 12.5. The minimum absolute atomic E-state index is 0.0591. The van der Waals surface area contributed by atoms with Crippen molar-refractivity contribution in [3.63, 3.8) is 0 Å². The number of carbonyl (C=O) groups is 2. The standard InChI is InChI=1S/C35H49NO12/c1-8-36-15-32(16-42-3)21(38)13-22(44-5)34-20-14-33(41)29(47-31(40)18-9-11-19(43-4)12-10-18)23(20)35(48-17(2)37,28(39)30(33)46-7)24(27(34)36)25(45-6)26(32)34/h9-12,20-30,38-39,41H,8,13-16H2,1-7H3/t20-,21-,22+,23-,24+,25+,26-,27+,28+,29-,30+,32+,33+,34+,35-/m1/s1. The molecule has 1 spiro atoms. The van der Waals surface area contributed by atoms with Crippen LogP contribution in [0.5, 0.6) is 5.75 Å². The number of ether oxygens (including phenoxy) is 7. The number of hydrogen-bond donors (Lipinski definition) is 3. The van der Waals surface area contributed by atoms with E-state index >= 15 is 0 Å². The molecule has 7 bridgehead atoms. The minimum atomic E-state index is -1.86. The monoisotopic (exact) mass is 675 g/mol. The fourth-order valence-electron chi connectivity index (χ4n) is 12.5. The molecule has 1 aromatic carbocycles. The molecule has 6 fully saturated rings. The summed E-state index contributed by atoms with van der Waals surface area (Å²) in [5, 5.41) is 37.4. The first kappa shape index (κ1) is 34.1. The van der Waals surface area contributed by atoms with Gasteiger partial charge >= 0.3 is 11.9 Å². The normalized spacial score (nSPS) is 48.2. The van der Waals surface area contributed by atoms with Crippen LogP contribution in [0, 0.1) is 34.5 Å². The highest BCUT2D eigenvalue weighted by Gasteiger charge is 2.92. The van der Waals surface area contributed by atoms with Crippen molar-refractivity contribution < 1.29 is 58.1 Å². The quantitative estimate of drug-likeness (QED) is 0.297. The first-order valence-electron chi connectivity index (χ1n) is 16.9. The lowest BCUT2D eigenvalue weighted by molar-refractivity contribution is -0.322. The molecule has 5 saturated carbocycles. The third kappa shape index (κ3) is 3.90. The van der Waals surface area contributed by atoms with E-state index in [2.05, 4.69) is 4.90 Å². The number of hydrogen-bond acceptors (Lipinski definition) is 13. The van der Waals surface area contributed by atoms with Gasteiger partial charge in [0, 0.05) is 83.0 Å². The molecule has 0 amide bonds. The summed E-state index contributed by atoms with van der Waals surface area (Å²) in [4.78, 5) is 29.5. The lowest BCUT2D eigenvalue weighted by Gasteiger charge is -2.70. The van der Waals surface area contributed by atoms with Gasteiger partial charge in [0.15, 0.2) is 5.60 Å². The number of piperidine rings is 1. The van der Waals surface area contributed by atoms with Gasteiger partial charge in [-0.2, -0.15) is 0 Å². The number of methoxy groups -OCH3 is 5. The molecule has 6 aliphatic rings. The number of nitrogens with zero attached hydrogens (tertiary/aromatic N) is 1. The summed E-state index contributed by atoms with van der Waals surface area (Å²) in [7, 11) is 7.77. The number of fused-ring (bicyclic) bond motifs is 2. The minimum Gasteiger partial charge on any atom is -0.497 e. The van der Waals surface area contributed by atoms with E-state index in [0.29, 0.717) is 25.3 Å². The first-order chi connectivity index (χ1) is 22.9. The molecule has 5 aliphatic carbocycles. The molecule has 7 rings (SSSR count). The van der Waals surface area contributed by atoms with Crippen LogP contribution < -0.4 is 4.74 Å². The molecular weight excluding hydrogens is 626 g/mol. The molecule has 0 radical (unpaired) electrons. The number of esters is 2. The zero-order valence-electron chi connectivity index (χ0n) is 28.7. The molecule has 13 nitrogen and oxygen atoms in total. The molecular formula is C35H49NO12. The van der Waals surface area contributed by atoms with E-state index in [1.54, 1.807) is 45.6 Å². The van der Waals surface area contributed by atoms with Crippen LogP contribution in [0.3, 0.4) is 0 Å². The van der Waals surface area contributed by atoms with E-state index in [1.807, 2.05) is 6.92 Å². The maximum atomic E-state index is 13.9. The number of aliphatic hydroxyl groups excluding tert-OH is 2. The third-order valence-corrected chi connectivity index (χ3v) is 13.5. The molecule has 3 N–H and O–H groups in total. The van der Waals surface area contributed by atoms with Crippen molar-refractivity contribution in [2.45, 2.75) is 80.6 Å². The van der Waals surface area contributed by atoms with Crippen molar-refractivity contribution in [2.24, 2.45) is 34.5 Å². The Labute approximate surface area is 280 Å². The number of benzene rings is 1. The highest BCUT2D eigenvalue weighted by molar-refractivity contribution is 5.89. The van der Waals surface area contributed by atoms with Gasteiger partial charge in [-0.25, -0.2) is 4.79 Å². The Kier molecular flexibility index (Phi) is 8.24. The molecule has 48 heavy (non-hydrogen) atoms. The van der Waals surface area contributed by atoms with Crippen molar-refractivity contribution in [1.29, 1.82) is 0 Å². The van der Waals surface area contributed by atoms with E-state index in [9.17, 15) is 24.9 Å². The van der Waals surface area contributed by atoms with Crippen LogP contribution >= 0.6 is 0 Å². The highest BCUT2D eigenvalue weighted by atomic mass is 16.6. The Hall–Kier alpha value is -2.36. The van der Waals surface area contributed by atoms with Crippen LogP contribution in [0.15, 0.2) is 24.3 Å². The molecule has 0 aromatic heterocycles. The second-order valence-corrected chi connectivity index (χ2v) is 14.8. The highest BCUT2D eigenvalue weighted by Crippen LogP contribution is 2.80. The van der Waals surface area contributed by atoms with Crippen molar-refractivity contribution in [1.82, 2.24) is 4.90 Å². The summed E-state index contributed by atoms with van der Waals surface area (Å²) in [6.07, 6.45) is -5.64. The van der Waals surface area contributed by atoms with Crippen LogP contribution in [0.2, 0.25) is 0 Å². The molecule has 1 heterocycles. The lowest BCUT2D eigenvalue weighted by Crippen LogP contribution is -2.81. The number of carbonyl (C=O) groups excluding carboxylic acids is 2. The number of aliphatic hydroxyl groups is 3. The molecule has 1 aromatic rings. The average Bonchev–Trinajstić information content (AvgIpc) is 3.44. The summed E-state index contributed by atoms with van der Waals surface area (Å²) in [6.45, 7) is 4.64. The second kappa shape index (κ2) is 11.6. The summed E-state index contributed by atoms with van der Waals surface area (Å²) in [5.74, 6) is -3.23. The van der Waals surface area contributed by atoms with Gasteiger partial charge in [-0.05, 0) is 43.1 Å². The maximum Gasteiger partial charge on any atom is 0.338 e. The van der Waals surface area contributed by atoms with Gasteiger partial charge < -0.3 is 48.5 Å². The van der Waals surface area contributed by atoms with Crippen LogP contribution in [-0.2, 0) is 33.2 Å². The Morgan fingerprint density at radius 3 is 2.25 bits per heavy atom. The predicted octanol–water partition coefficient (Wildman–Crippen LogP) is 0.657. The summed E-state index contributed by atoms with van der Waals surface area (Å²) >= 11 is 0. The average molecular weight is 676 g/mol. The van der Waals surface area contributed by atoms with E-state index in [4.69, 9.17) is 33.2 Å². The second-order valence-electron chi connectivity index (χ2n) is 14.8. The van der Waals surface area contributed by atoms with Crippen LogP contribution in [0.1, 0.15) is 37.0 Å². The topological polar surface area (TPSA) is 163 Å². The maximum absolute atomic E-state index is 13.9. The van der Waals surface area contributed by atoms with E-state index in [-0.39, 0.29) is 24.6 Å². The van der Waals surface area contributed by atoms with Crippen molar-refractivity contribution in [3.05, 3.63) is 29.8 Å². The lowest BCUT2D eigenvalue weighted by atomic mass is 9.42. The molecule has 266 valence electrons. The van der Waals surface area contributed by atoms with E-state index in [1.165, 1.54) is 21.1 Å². The van der Waals surface area contributed by atoms with Gasteiger partial charge in [0.25, 0.3) is 0 Å². The van der Waals surface area contributed by atoms with Gasteiger partial charge in [-0.1, -0.05) is 6.92 Å². The fraction of sp³-hybridized carbons (Fsp3) is 0.771. The summed E-state index contributed by atoms with van der Waals surface area (Å²) in [5.41, 5.74) is -4.94. The molecule has 0 unspecified atom stereocenters. The van der Waals surface area contributed by atoms with Crippen molar-refractivity contribution >= 4 is 11.9 Å². The van der Waals surface area contributed by atoms with E-state index < -0.39 is 94.3 Å². The van der Waals surface area contributed by atoms with Crippen LogP contribution in [0.25, 0.3) is 0 Å². The summed E-state index contributed by atoms with van der Waals surface area (Å²) < 4.78 is 42.7. The van der Waals surface area contributed by atoms with Crippen LogP contribution in [0.4, 0.5) is 0 Å². The van der Waals surface area contributed by atoms with Crippen molar-refractivity contribution in [3.8, 4) is 5.75 Å².